The lowest BCUT2D eigenvalue weighted by Gasteiger charge is -2.18. The van der Waals surface area contributed by atoms with E-state index in [4.69, 9.17) is 19.9 Å². The number of aromatic nitrogens is 2. The molecule has 3 aromatic carbocycles. The Morgan fingerprint density at radius 2 is 1.48 bits per heavy atom. The minimum atomic E-state index is 0.198. The van der Waals surface area contributed by atoms with Gasteiger partial charge in [-0.1, -0.05) is 24.3 Å². The van der Waals surface area contributed by atoms with Crippen molar-refractivity contribution in [2.24, 2.45) is 0 Å². The molecule has 1 aromatic heterocycles. The zero-order chi connectivity index (χ0) is 22.0. The van der Waals surface area contributed by atoms with E-state index in [1.54, 1.807) is 21.3 Å². The van der Waals surface area contributed by atoms with Crippen molar-refractivity contribution in [3.63, 3.8) is 0 Å². The normalized spacial score (nSPS) is 10.7. The Morgan fingerprint density at radius 3 is 2.10 bits per heavy atom. The molecule has 7 nitrogen and oxygen atoms in total. The van der Waals surface area contributed by atoms with Crippen molar-refractivity contribution in [2.75, 3.05) is 31.0 Å². The molecular formula is C23H21BrN4O3. The van der Waals surface area contributed by atoms with Crippen LogP contribution in [0.1, 0.15) is 0 Å². The molecule has 4 rings (SSSR count). The molecule has 0 fully saturated rings. The first-order chi connectivity index (χ1) is 15.0. The van der Waals surface area contributed by atoms with E-state index in [2.05, 4.69) is 26.1 Å². The SMILES string of the molecule is COc1cc(-c2ccc3nc(N)nc(N(Br)c4ccccc4)c3c2)cc(OC)c1OC. The lowest BCUT2D eigenvalue weighted by atomic mass is 10.0. The molecule has 2 N–H and O–H groups in total. The Labute approximate surface area is 188 Å². The number of halogens is 1. The van der Waals surface area contributed by atoms with E-state index in [9.17, 15) is 0 Å². The monoisotopic (exact) mass is 480 g/mol. The van der Waals surface area contributed by atoms with Gasteiger partial charge in [0.05, 0.1) is 48.7 Å². The Morgan fingerprint density at radius 1 is 0.806 bits per heavy atom. The second-order valence-electron chi connectivity index (χ2n) is 6.67. The minimum Gasteiger partial charge on any atom is -0.493 e. The van der Waals surface area contributed by atoms with Crippen LogP contribution in [0.4, 0.5) is 17.5 Å². The van der Waals surface area contributed by atoms with Gasteiger partial charge in [0.25, 0.3) is 0 Å². The highest BCUT2D eigenvalue weighted by atomic mass is 79.9. The molecule has 1 heterocycles. The number of fused-ring (bicyclic) bond motifs is 1. The molecule has 158 valence electrons. The zero-order valence-electron chi connectivity index (χ0n) is 17.3. The van der Waals surface area contributed by atoms with Crippen molar-refractivity contribution < 1.29 is 14.2 Å². The van der Waals surface area contributed by atoms with E-state index < -0.39 is 0 Å². The van der Waals surface area contributed by atoms with E-state index in [1.807, 2.05) is 64.6 Å². The summed E-state index contributed by atoms with van der Waals surface area (Å²) in [7, 11) is 4.77. The summed E-state index contributed by atoms with van der Waals surface area (Å²) in [5.74, 6) is 2.54. The number of para-hydroxylation sites is 1. The van der Waals surface area contributed by atoms with Crippen LogP contribution in [0.25, 0.3) is 22.0 Å². The predicted octanol–water partition coefficient (Wildman–Crippen LogP) is 5.35. The Bertz CT molecular complexity index is 1210. The van der Waals surface area contributed by atoms with Crippen molar-refractivity contribution >= 4 is 44.5 Å². The van der Waals surface area contributed by atoms with Crippen molar-refractivity contribution in [1.82, 2.24) is 9.97 Å². The van der Waals surface area contributed by atoms with Crippen molar-refractivity contribution in [2.45, 2.75) is 0 Å². The molecule has 0 saturated heterocycles. The van der Waals surface area contributed by atoms with Crippen LogP contribution in [0.3, 0.4) is 0 Å². The first-order valence-corrected chi connectivity index (χ1v) is 10.1. The van der Waals surface area contributed by atoms with E-state index in [0.717, 1.165) is 27.7 Å². The van der Waals surface area contributed by atoms with Gasteiger partial charge in [-0.3, -0.25) is 3.93 Å². The van der Waals surface area contributed by atoms with Crippen molar-refractivity contribution in [3.05, 3.63) is 60.7 Å². The number of nitrogens with zero attached hydrogens (tertiary/aromatic N) is 3. The first-order valence-electron chi connectivity index (χ1n) is 9.44. The summed E-state index contributed by atoms with van der Waals surface area (Å²) < 4.78 is 18.3. The van der Waals surface area contributed by atoms with Crippen LogP contribution in [-0.2, 0) is 0 Å². The minimum absolute atomic E-state index is 0.198. The highest BCUT2D eigenvalue weighted by molar-refractivity contribution is 9.10. The fourth-order valence-corrected chi connectivity index (χ4v) is 3.89. The van der Waals surface area contributed by atoms with Gasteiger partial charge in [0.15, 0.2) is 17.3 Å². The summed E-state index contributed by atoms with van der Waals surface area (Å²) in [4.78, 5) is 8.88. The molecular weight excluding hydrogens is 460 g/mol. The molecule has 8 heteroatoms. The maximum atomic E-state index is 5.98. The summed E-state index contributed by atoms with van der Waals surface area (Å²) in [5.41, 5.74) is 9.48. The third-order valence-electron chi connectivity index (χ3n) is 4.86. The van der Waals surface area contributed by atoms with Crippen LogP contribution in [0, 0.1) is 0 Å². The average molecular weight is 481 g/mol. The number of methoxy groups -OCH3 is 3. The second kappa shape index (κ2) is 8.69. The van der Waals surface area contributed by atoms with Gasteiger partial charge in [0, 0.05) is 5.39 Å². The van der Waals surface area contributed by atoms with Gasteiger partial charge in [0.2, 0.25) is 11.7 Å². The Kier molecular flexibility index (Phi) is 5.81. The Hall–Kier alpha value is -3.52. The quantitative estimate of drug-likeness (QED) is 0.372. The average Bonchev–Trinajstić information content (AvgIpc) is 2.82. The number of hydrogen-bond acceptors (Lipinski definition) is 7. The zero-order valence-corrected chi connectivity index (χ0v) is 18.9. The topological polar surface area (TPSA) is 82.7 Å². The number of rotatable bonds is 6. The van der Waals surface area contributed by atoms with E-state index in [-0.39, 0.29) is 5.95 Å². The third-order valence-corrected chi connectivity index (χ3v) is 5.61. The van der Waals surface area contributed by atoms with E-state index in [1.165, 1.54) is 0 Å². The number of anilines is 3. The van der Waals surface area contributed by atoms with E-state index in [0.29, 0.717) is 23.1 Å². The van der Waals surface area contributed by atoms with E-state index >= 15 is 0 Å². The maximum absolute atomic E-state index is 5.98. The number of hydrogen-bond donors (Lipinski definition) is 1. The summed E-state index contributed by atoms with van der Waals surface area (Å²) >= 11 is 3.63. The molecule has 0 aliphatic rings. The van der Waals surface area contributed by atoms with Gasteiger partial charge in [-0.2, -0.15) is 4.98 Å². The lowest BCUT2D eigenvalue weighted by molar-refractivity contribution is 0.324. The maximum Gasteiger partial charge on any atom is 0.222 e. The largest absolute Gasteiger partial charge is 0.493 e. The second-order valence-corrected chi connectivity index (χ2v) is 7.38. The molecule has 0 saturated carbocycles. The first kappa shape index (κ1) is 20.7. The van der Waals surface area contributed by atoms with Gasteiger partial charge >= 0.3 is 0 Å². The molecule has 4 aromatic rings. The van der Waals surface area contributed by atoms with Crippen LogP contribution in [0.2, 0.25) is 0 Å². The molecule has 0 radical (unpaired) electrons. The number of nitrogen functional groups attached to an aromatic ring is 1. The molecule has 0 aliphatic carbocycles. The van der Waals surface area contributed by atoms with Crippen LogP contribution >= 0.6 is 16.1 Å². The lowest BCUT2D eigenvalue weighted by Crippen LogP contribution is -2.07. The van der Waals surface area contributed by atoms with Gasteiger partial charge in [-0.15, -0.1) is 0 Å². The van der Waals surface area contributed by atoms with Gasteiger partial charge in [-0.05, 0) is 47.5 Å². The summed E-state index contributed by atoms with van der Waals surface area (Å²) in [6.45, 7) is 0. The fraction of sp³-hybridized carbons (Fsp3) is 0.130. The number of nitrogens with two attached hydrogens (primary N) is 1. The van der Waals surface area contributed by atoms with Crippen molar-refractivity contribution in [1.29, 1.82) is 0 Å². The molecule has 0 aliphatic heterocycles. The third kappa shape index (κ3) is 3.94. The molecule has 0 spiro atoms. The smallest absolute Gasteiger partial charge is 0.222 e. The van der Waals surface area contributed by atoms with Crippen molar-refractivity contribution in [3.8, 4) is 28.4 Å². The molecule has 0 atom stereocenters. The summed E-state index contributed by atoms with van der Waals surface area (Å²) in [5, 5.41) is 0.834. The van der Waals surface area contributed by atoms with Crippen LogP contribution in [0.5, 0.6) is 17.2 Å². The molecule has 0 unspecified atom stereocenters. The Balaban J connectivity index is 1.90. The van der Waals surface area contributed by atoms with Crippen LogP contribution in [-0.4, -0.2) is 31.3 Å². The highest BCUT2D eigenvalue weighted by Gasteiger charge is 2.17. The van der Waals surface area contributed by atoms with Gasteiger partial charge in [0.1, 0.15) is 0 Å². The fourth-order valence-electron chi connectivity index (χ4n) is 3.39. The molecule has 0 bridgehead atoms. The number of benzene rings is 3. The summed E-state index contributed by atoms with van der Waals surface area (Å²) in [6, 6.07) is 19.5. The van der Waals surface area contributed by atoms with Gasteiger partial charge in [-0.25, -0.2) is 4.98 Å². The predicted molar refractivity (Wildman–Crippen MR) is 127 cm³/mol. The standard InChI is InChI=1S/C23H21BrN4O3/c1-29-19-12-15(13-20(30-2)21(19)31-3)14-9-10-18-17(11-14)22(27-23(25)26-18)28(24)16-7-5-4-6-8-16/h4-13H,1-3H3,(H2,25,26,27). The van der Waals surface area contributed by atoms with Crippen LogP contribution < -0.4 is 23.9 Å². The van der Waals surface area contributed by atoms with Gasteiger partial charge < -0.3 is 19.9 Å². The molecule has 31 heavy (non-hydrogen) atoms. The summed E-state index contributed by atoms with van der Waals surface area (Å²) in [6.07, 6.45) is 0. The number of ether oxygens (including phenoxy) is 3. The molecule has 0 amide bonds. The highest BCUT2D eigenvalue weighted by Crippen LogP contribution is 2.42. The van der Waals surface area contributed by atoms with Crippen LogP contribution in [0.15, 0.2) is 60.7 Å².